The number of rotatable bonds is 3. The van der Waals surface area contributed by atoms with Crippen LogP contribution >= 0.6 is 22.3 Å². The molecule has 1 N–H and O–H groups in total. The van der Waals surface area contributed by atoms with Crippen molar-refractivity contribution in [3.05, 3.63) is 28.8 Å². The average molecular weight is 352 g/mol. The fourth-order valence-electron chi connectivity index (χ4n) is 2.16. The summed E-state index contributed by atoms with van der Waals surface area (Å²) in [6, 6.07) is 3.76. The first kappa shape index (κ1) is 16.5. The van der Waals surface area contributed by atoms with Crippen LogP contribution in [0.2, 0.25) is 5.02 Å². The number of carbonyl (C=O) groups excluding carboxylic acids is 1. The summed E-state index contributed by atoms with van der Waals surface area (Å²) >= 11 is 5.98. The Kier molecular flexibility index (Phi) is 4.54. The maximum atomic E-state index is 12.4. The lowest BCUT2D eigenvalue weighted by Crippen LogP contribution is -2.50. The second-order valence-corrected chi connectivity index (χ2v) is 8.19. The molecule has 1 amide bonds. The Morgan fingerprint density at radius 3 is 2.67 bits per heavy atom. The molecule has 0 spiro atoms. The highest BCUT2D eigenvalue weighted by molar-refractivity contribution is 8.13. The maximum Gasteiger partial charge on any atom is 0.261 e. The fourth-order valence-corrected chi connectivity index (χ4v) is 3.14. The van der Waals surface area contributed by atoms with Gasteiger partial charge in [0.25, 0.3) is 15.0 Å². The predicted molar refractivity (Wildman–Crippen MR) is 80.4 cm³/mol. The van der Waals surface area contributed by atoms with Gasteiger partial charge in [0.1, 0.15) is 0 Å². The smallest absolute Gasteiger partial charge is 0.261 e. The van der Waals surface area contributed by atoms with Gasteiger partial charge < -0.3 is 10.1 Å². The van der Waals surface area contributed by atoms with Crippen LogP contribution in [-0.4, -0.2) is 32.6 Å². The van der Waals surface area contributed by atoms with E-state index in [-0.39, 0.29) is 21.6 Å². The van der Waals surface area contributed by atoms with E-state index >= 15 is 0 Å². The monoisotopic (exact) mass is 351 g/mol. The van der Waals surface area contributed by atoms with Crippen LogP contribution in [0.25, 0.3) is 0 Å². The third-order valence-electron chi connectivity index (χ3n) is 3.75. The van der Waals surface area contributed by atoms with Gasteiger partial charge in [-0.25, -0.2) is 8.42 Å². The van der Waals surface area contributed by atoms with Crippen LogP contribution in [0.3, 0.4) is 0 Å². The largest absolute Gasteiger partial charge is 0.376 e. The molecule has 2 unspecified atom stereocenters. The minimum atomic E-state index is -3.92. The molecule has 21 heavy (non-hydrogen) atoms. The van der Waals surface area contributed by atoms with Crippen molar-refractivity contribution in [2.24, 2.45) is 0 Å². The third-order valence-corrected chi connectivity index (χ3v) is 5.43. The minimum absolute atomic E-state index is 0.0683. The Hall–Kier alpha value is -0.820. The molecule has 116 valence electrons. The van der Waals surface area contributed by atoms with E-state index in [1.54, 1.807) is 0 Å². The van der Waals surface area contributed by atoms with E-state index < -0.39 is 20.5 Å². The number of halogens is 2. The van der Waals surface area contributed by atoms with Crippen molar-refractivity contribution in [2.45, 2.75) is 36.8 Å². The van der Waals surface area contributed by atoms with Crippen molar-refractivity contribution in [1.82, 2.24) is 5.32 Å². The summed E-state index contributed by atoms with van der Waals surface area (Å²) in [6.45, 7) is 4.30. The first-order valence-electron chi connectivity index (χ1n) is 6.32. The minimum Gasteiger partial charge on any atom is -0.376 e. The van der Waals surface area contributed by atoms with Gasteiger partial charge in [0.2, 0.25) is 0 Å². The number of hydrogen-bond acceptors (Lipinski definition) is 4. The average Bonchev–Trinajstić information content (AvgIpc) is 2.68. The molecular formula is C13H15Cl2NO4S. The first-order valence-corrected chi connectivity index (χ1v) is 9.00. The molecule has 1 aliphatic rings. The number of nitrogens with one attached hydrogen (secondary N) is 1. The zero-order valence-corrected chi connectivity index (χ0v) is 13.8. The molecule has 0 aromatic heterocycles. The van der Waals surface area contributed by atoms with Crippen LogP contribution in [0.5, 0.6) is 0 Å². The zero-order valence-electron chi connectivity index (χ0n) is 11.5. The molecule has 2 rings (SSSR count). The summed E-state index contributed by atoms with van der Waals surface area (Å²) < 4.78 is 28.1. The van der Waals surface area contributed by atoms with Crippen LogP contribution in [0.1, 0.15) is 30.6 Å². The molecule has 1 heterocycles. The van der Waals surface area contributed by atoms with Crippen molar-refractivity contribution in [3.8, 4) is 0 Å². The molecule has 5 nitrogen and oxygen atoms in total. The Labute approximate surface area is 133 Å². The van der Waals surface area contributed by atoms with E-state index in [2.05, 4.69) is 5.32 Å². The van der Waals surface area contributed by atoms with Crippen LogP contribution in [0.4, 0.5) is 0 Å². The quantitative estimate of drug-likeness (QED) is 0.849. The number of carbonyl (C=O) groups is 1. The number of benzene rings is 1. The van der Waals surface area contributed by atoms with Gasteiger partial charge in [-0.1, -0.05) is 11.6 Å². The Bertz CT molecular complexity index is 677. The lowest BCUT2D eigenvalue weighted by Gasteiger charge is -2.29. The van der Waals surface area contributed by atoms with Crippen molar-refractivity contribution in [2.75, 3.05) is 6.61 Å². The van der Waals surface area contributed by atoms with Gasteiger partial charge in [0.05, 0.1) is 27.1 Å². The summed E-state index contributed by atoms with van der Waals surface area (Å²) in [7, 11) is 1.37. The van der Waals surface area contributed by atoms with E-state index in [0.29, 0.717) is 13.0 Å². The lowest BCUT2D eigenvalue weighted by atomic mass is 9.94. The Balaban J connectivity index is 2.31. The highest BCUT2D eigenvalue weighted by Gasteiger charge is 2.38. The molecule has 2 atom stereocenters. The molecule has 1 saturated heterocycles. The highest BCUT2D eigenvalue weighted by atomic mass is 35.7. The molecule has 0 radical (unpaired) electrons. The normalized spacial score (nSPS) is 25.8. The zero-order chi connectivity index (χ0) is 15.8. The number of hydrogen-bond donors (Lipinski definition) is 1. The van der Waals surface area contributed by atoms with Crippen molar-refractivity contribution >= 4 is 37.2 Å². The molecule has 1 aromatic carbocycles. The highest BCUT2D eigenvalue weighted by Crippen LogP contribution is 2.27. The molecule has 0 bridgehead atoms. The van der Waals surface area contributed by atoms with Crippen LogP contribution < -0.4 is 5.32 Å². The topological polar surface area (TPSA) is 72.5 Å². The number of ether oxygens (including phenoxy) is 1. The molecule has 0 saturated carbocycles. The van der Waals surface area contributed by atoms with Gasteiger partial charge >= 0.3 is 0 Å². The van der Waals surface area contributed by atoms with Gasteiger partial charge in [-0.2, -0.15) is 0 Å². The van der Waals surface area contributed by atoms with Crippen molar-refractivity contribution < 1.29 is 17.9 Å². The van der Waals surface area contributed by atoms with E-state index in [1.807, 2.05) is 13.8 Å². The van der Waals surface area contributed by atoms with Crippen molar-refractivity contribution in [1.29, 1.82) is 0 Å². The Morgan fingerprint density at radius 2 is 2.14 bits per heavy atom. The van der Waals surface area contributed by atoms with E-state index in [9.17, 15) is 13.2 Å². The third kappa shape index (κ3) is 3.51. The maximum absolute atomic E-state index is 12.4. The van der Waals surface area contributed by atoms with Gasteiger partial charge in [0, 0.05) is 17.3 Å². The van der Waals surface area contributed by atoms with Gasteiger partial charge in [-0.3, -0.25) is 4.79 Å². The molecular weight excluding hydrogens is 337 g/mol. The second-order valence-electron chi connectivity index (χ2n) is 5.21. The SMILES string of the molecule is CC1OCCC1(C)NC(=O)c1cc(S(=O)(=O)Cl)ccc1Cl. The van der Waals surface area contributed by atoms with Gasteiger partial charge in [-0.05, 0) is 38.5 Å². The lowest BCUT2D eigenvalue weighted by molar-refractivity contribution is 0.0727. The first-order chi connectivity index (χ1) is 9.63. The molecule has 1 fully saturated rings. The van der Waals surface area contributed by atoms with E-state index in [1.165, 1.54) is 18.2 Å². The van der Waals surface area contributed by atoms with Crippen LogP contribution in [0.15, 0.2) is 23.1 Å². The summed E-state index contributed by atoms with van der Waals surface area (Å²) in [6.07, 6.45) is 0.533. The summed E-state index contributed by atoms with van der Waals surface area (Å²) in [5, 5.41) is 3.01. The van der Waals surface area contributed by atoms with E-state index in [4.69, 9.17) is 27.0 Å². The van der Waals surface area contributed by atoms with Crippen LogP contribution in [-0.2, 0) is 13.8 Å². The second kappa shape index (κ2) is 5.76. The standard InChI is InChI=1S/C13H15Cl2NO4S/c1-8-13(2,5-6-20-8)16-12(17)10-7-9(21(15,18)19)3-4-11(10)14/h3-4,7-8H,5-6H2,1-2H3,(H,16,17). The molecule has 1 aromatic rings. The molecule has 1 aliphatic heterocycles. The van der Waals surface area contributed by atoms with E-state index in [0.717, 1.165) is 0 Å². The predicted octanol–water partition coefficient (Wildman–Crippen LogP) is 2.56. The van der Waals surface area contributed by atoms with Crippen LogP contribution in [0, 0.1) is 0 Å². The molecule has 8 heteroatoms. The fraction of sp³-hybridized carbons (Fsp3) is 0.462. The van der Waals surface area contributed by atoms with Gasteiger partial charge in [0.15, 0.2) is 0 Å². The summed E-state index contributed by atoms with van der Waals surface area (Å²) in [5.74, 6) is -0.456. The van der Waals surface area contributed by atoms with Crippen molar-refractivity contribution in [3.63, 3.8) is 0 Å². The molecule has 0 aliphatic carbocycles. The summed E-state index contributed by atoms with van der Waals surface area (Å²) in [5.41, 5.74) is -0.449. The summed E-state index contributed by atoms with van der Waals surface area (Å²) in [4.78, 5) is 12.2. The Morgan fingerprint density at radius 1 is 1.48 bits per heavy atom. The van der Waals surface area contributed by atoms with Gasteiger partial charge in [-0.15, -0.1) is 0 Å². The number of amides is 1.